The van der Waals surface area contributed by atoms with Crippen LogP contribution < -0.4 is 19.7 Å². The molecule has 0 aromatic heterocycles. The molecule has 2 N–H and O–H groups in total. The summed E-state index contributed by atoms with van der Waals surface area (Å²) in [6.45, 7) is 4.19. The van der Waals surface area contributed by atoms with Crippen molar-refractivity contribution in [1.82, 2.24) is 0 Å². The Morgan fingerprint density at radius 2 is 1.85 bits per heavy atom. The number of hydrogen-bond acceptors (Lipinski definition) is 3. The fourth-order valence-corrected chi connectivity index (χ4v) is 3.58. The Labute approximate surface area is 162 Å². The number of quaternary nitrogens is 1. The summed E-state index contributed by atoms with van der Waals surface area (Å²) in [5.74, 6) is 1.53. The summed E-state index contributed by atoms with van der Waals surface area (Å²) >= 11 is 3.48. The highest BCUT2D eigenvalue weighted by Crippen LogP contribution is 2.31. The topological polar surface area (TPSA) is 52.0 Å². The van der Waals surface area contributed by atoms with E-state index in [0.29, 0.717) is 6.54 Å². The molecule has 0 saturated carbocycles. The molecule has 138 valence electrons. The molecule has 2 aromatic carbocycles. The lowest BCUT2D eigenvalue weighted by Crippen LogP contribution is -3.12. The maximum atomic E-state index is 12.4. The number of rotatable bonds is 5. The number of methoxy groups -OCH3 is 2. The number of anilines is 1. The number of fused-ring (bicyclic) bond motifs is 1. The number of carbonyl (C=O) groups excluding carboxylic acids is 1. The Morgan fingerprint density at radius 3 is 2.50 bits per heavy atom. The van der Waals surface area contributed by atoms with E-state index in [2.05, 4.69) is 27.3 Å². The molecule has 0 radical (unpaired) electrons. The summed E-state index contributed by atoms with van der Waals surface area (Å²) in [5, 5.41) is 3.00. The predicted octanol–water partition coefficient (Wildman–Crippen LogP) is 2.35. The van der Waals surface area contributed by atoms with Crippen molar-refractivity contribution in [3.8, 4) is 11.5 Å². The first-order valence-electron chi connectivity index (χ1n) is 8.63. The van der Waals surface area contributed by atoms with Gasteiger partial charge in [-0.3, -0.25) is 4.79 Å². The molecule has 0 fully saturated rings. The van der Waals surface area contributed by atoms with Gasteiger partial charge in [0.25, 0.3) is 5.91 Å². The van der Waals surface area contributed by atoms with Crippen LogP contribution in [0.4, 0.5) is 5.69 Å². The van der Waals surface area contributed by atoms with Gasteiger partial charge in [0.1, 0.15) is 6.54 Å². The third kappa shape index (κ3) is 4.19. The number of benzene rings is 2. The molecule has 26 heavy (non-hydrogen) atoms. The van der Waals surface area contributed by atoms with Gasteiger partial charge in [0, 0.05) is 22.1 Å². The normalized spacial score (nSPS) is 15.9. The van der Waals surface area contributed by atoms with E-state index in [1.807, 2.05) is 31.2 Å². The molecule has 0 aliphatic carbocycles. The minimum Gasteiger partial charge on any atom is -0.493 e. The Bertz CT molecular complexity index is 823. The second-order valence-corrected chi connectivity index (χ2v) is 7.45. The van der Waals surface area contributed by atoms with E-state index in [-0.39, 0.29) is 5.91 Å². The Kier molecular flexibility index (Phi) is 5.84. The third-order valence-electron chi connectivity index (χ3n) is 4.75. The van der Waals surface area contributed by atoms with Gasteiger partial charge in [-0.05, 0) is 48.4 Å². The molecule has 6 heteroatoms. The maximum Gasteiger partial charge on any atom is 0.279 e. The van der Waals surface area contributed by atoms with Crippen molar-refractivity contribution in [2.75, 3.05) is 32.6 Å². The van der Waals surface area contributed by atoms with Crippen LogP contribution in [-0.2, 0) is 17.8 Å². The summed E-state index contributed by atoms with van der Waals surface area (Å²) in [6.07, 6.45) is 0.926. The SMILES string of the molecule is COc1cc2c(cc1OC)C[NH+](CC(=O)Nc1ccc(Br)c(C)c1)CC2. The van der Waals surface area contributed by atoms with Crippen molar-refractivity contribution in [3.63, 3.8) is 0 Å². The fraction of sp³-hybridized carbons (Fsp3) is 0.350. The molecule has 0 spiro atoms. The van der Waals surface area contributed by atoms with Crippen molar-refractivity contribution in [2.24, 2.45) is 0 Å². The van der Waals surface area contributed by atoms with Crippen LogP contribution >= 0.6 is 15.9 Å². The Morgan fingerprint density at radius 1 is 1.15 bits per heavy atom. The molecule has 1 aliphatic rings. The number of aryl methyl sites for hydroxylation is 1. The van der Waals surface area contributed by atoms with Crippen LogP contribution in [0, 0.1) is 6.92 Å². The maximum absolute atomic E-state index is 12.4. The standard InChI is InChI=1S/C20H23BrN2O3/c1-13-8-16(4-5-17(13)21)22-20(24)12-23-7-6-14-9-18(25-2)19(26-3)10-15(14)11-23/h4-5,8-10H,6-7,11-12H2,1-3H3,(H,22,24)/p+1. The van der Waals surface area contributed by atoms with E-state index < -0.39 is 0 Å². The number of ether oxygens (including phenoxy) is 2. The van der Waals surface area contributed by atoms with Gasteiger partial charge in [0.05, 0.1) is 20.8 Å². The lowest BCUT2D eigenvalue weighted by molar-refractivity contribution is -0.907. The van der Waals surface area contributed by atoms with Crippen molar-refractivity contribution >= 4 is 27.5 Å². The Balaban J connectivity index is 1.65. The van der Waals surface area contributed by atoms with Crippen LogP contribution in [0.2, 0.25) is 0 Å². The van der Waals surface area contributed by atoms with Crippen LogP contribution in [0.25, 0.3) is 0 Å². The van der Waals surface area contributed by atoms with Crippen molar-refractivity contribution in [2.45, 2.75) is 19.9 Å². The van der Waals surface area contributed by atoms with Gasteiger partial charge >= 0.3 is 0 Å². The second kappa shape index (κ2) is 8.10. The summed E-state index contributed by atoms with van der Waals surface area (Å²) in [4.78, 5) is 13.7. The molecule has 3 rings (SSSR count). The molecule has 1 aliphatic heterocycles. The van der Waals surface area contributed by atoms with E-state index >= 15 is 0 Å². The smallest absolute Gasteiger partial charge is 0.279 e. The fourth-order valence-electron chi connectivity index (χ4n) is 3.34. The average Bonchev–Trinajstić information content (AvgIpc) is 2.63. The summed E-state index contributed by atoms with van der Waals surface area (Å²) in [5.41, 5.74) is 4.42. The zero-order valence-electron chi connectivity index (χ0n) is 15.3. The molecule has 1 unspecified atom stereocenters. The minimum atomic E-state index is 0.0330. The number of halogens is 1. The predicted molar refractivity (Wildman–Crippen MR) is 105 cm³/mol. The largest absolute Gasteiger partial charge is 0.493 e. The zero-order valence-corrected chi connectivity index (χ0v) is 16.9. The van der Waals surface area contributed by atoms with Gasteiger partial charge in [-0.25, -0.2) is 0 Å². The molecular weight excluding hydrogens is 396 g/mol. The monoisotopic (exact) mass is 419 g/mol. The quantitative estimate of drug-likeness (QED) is 0.781. The summed E-state index contributed by atoms with van der Waals surface area (Å²) in [7, 11) is 3.30. The van der Waals surface area contributed by atoms with Crippen LogP contribution in [0.3, 0.4) is 0 Å². The zero-order chi connectivity index (χ0) is 18.7. The van der Waals surface area contributed by atoms with Gasteiger partial charge in [-0.1, -0.05) is 15.9 Å². The third-order valence-corrected chi connectivity index (χ3v) is 5.64. The van der Waals surface area contributed by atoms with E-state index in [0.717, 1.165) is 46.7 Å². The first kappa shape index (κ1) is 18.7. The minimum absolute atomic E-state index is 0.0330. The molecule has 0 saturated heterocycles. The van der Waals surface area contributed by atoms with Crippen LogP contribution in [0.1, 0.15) is 16.7 Å². The van der Waals surface area contributed by atoms with Crippen LogP contribution in [0.15, 0.2) is 34.8 Å². The van der Waals surface area contributed by atoms with Gasteiger partial charge in [0.15, 0.2) is 18.0 Å². The highest BCUT2D eigenvalue weighted by atomic mass is 79.9. The molecular formula is C20H24BrN2O3+. The first-order chi connectivity index (χ1) is 12.5. The second-order valence-electron chi connectivity index (χ2n) is 6.59. The number of hydrogen-bond donors (Lipinski definition) is 2. The highest BCUT2D eigenvalue weighted by molar-refractivity contribution is 9.10. The van der Waals surface area contributed by atoms with Crippen molar-refractivity contribution < 1.29 is 19.2 Å². The van der Waals surface area contributed by atoms with Crippen LogP contribution in [-0.4, -0.2) is 33.2 Å². The van der Waals surface area contributed by atoms with Gasteiger partial charge in [0.2, 0.25) is 0 Å². The molecule has 1 amide bonds. The average molecular weight is 420 g/mol. The van der Waals surface area contributed by atoms with E-state index in [9.17, 15) is 4.79 Å². The van der Waals surface area contributed by atoms with Gasteiger partial charge in [-0.15, -0.1) is 0 Å². The Hall–Kier alpha value is -2.05. The first-order valence-corrected chi connectivity index (χ1v) is 9.42. The molecule has 2 aromatic rings. The van der Waals surface area contributed by atoms with Crippen molar-refractivity contribution in [3.05, 3.63) is 51.5 Å². The molecule has 0 bridgehead atoms. The summed E-state index contributed by atoms with van der Waals surface area (Å²) in [6, 6.07) is 9.92. The lowest BCUT2D eigenvalue weighted by atomic mass is 9.99. The van der Waals surface area contributed by atoms with E-state index in [1.165, 1.54) is 16.0 Å². The van der Waals surface area contributed by atoms with Gasteiger partial charge in [-0.2, -0.15) is 0 Å². The number of carbonyl (C=O) groups is 1. The number of nitrogens with one attached hydrogen (secondary N) is 2. The summed E-state index contributed by atoms with van der Waals surface area (Å²) < 4.78 is 11.8. The highest BCUT2D eigenvalue weighted by Gasteiger charge is 2.24. The van der Waals surface area contributed by atoms with Gasteiger partial charge < -0.3 is 19.7 Å². The lowest BCUT2D eigenvalue weighted by Gasteiger charge is -2.26. The van der Waals surface area contributed by atoms with Crippen molar-refractivity contribution in [1.29, 1.82) is 0 Å². The molecule has 1 heterocycles. The molecule has 5 nitrogen and oxygen atoms in total. The van der Waals surface area contributed by atoms with E-state index in [1.54, 1.807) is 14.2 Å². The van der Waals surface area contributed by atoms with Crippen LogP contribution in [0.5, 0.6) is 11.5 Å². The molecule has 1 atom stereocenters. The number of amides is 1. The van der Waals surface area contributed by atoms with E-state index in [4.69, 9.17) is 9.47 Å².